The van der Waals surface area contributed by atoms with Crippen LogP contribution in [0.3, 0.4) is 0 Å². The highest BCUT2D eigenvalue weighted by molar-refractivity contribution is 6.30. The molecule has 0 aromatic heterocycles. The summed E-state index contributed by atoms with van der Waals surface area (Å²) in [5.74, 6) is 1.55. The molecular formula is C24H27ClN4O3. The van der Waals surface area contributed by atoms with Gasteiger partial charge in [0.25, 0.3) is 0 Å². The van der Waals surface area contributed by atoms with E-state index in [4.69, 9.17) is 16.3 Å². The van der Waals surface area contributed by atoms with Crippen molar-refractivity contribution in [3.63, 3.8) is 0 Å². The van der Waals surface area contributed by atoms with Gasteiger partial charge in [0, 0.05) is 37.1 Å². The van der Waals surface area contributed by atoms with Crippen LogP contribution in [0.1, 0.15) is 36.8 Å². The molecule has 8 heteroatoms. The first-order valence-electron chi connectivity index (χ1n) is 10.9. The van der Waals surface area contributed by atoms with E-state index in [-0.39, 0.29) is 11.8 Å². The van der Waals surface area contributed by atoms with Crippen LogP contribution in [0.4, 0.5) is 5.69 Å². The average Bonchev–Trinajstić information content (AvgIpc) is 3.14. The van der Waals surface area contributed by atoms with Gasteiger partial charge >= 0.3 is 0 Å². The molecule has 2 amide bonds. The highest BCUT2D eigenvalue weighted by atomic mass is 35.5. The van der Waals surface area contributed by atoms with Crippen LogP contribution in [0.25, 0.3) is 0 Å². The molecule has 1 saturated heterocycles. The molecular weight excluding hydrogens is 428 g/mol. The molecule has 2 aromatic carbocycles. The topological polar surface area (TPSA) is 74.2 Å². The number of nitrogens with one attached hydrogen (secondary N) is 1. The van der Waals surface area contributed by atoms with Gasteiger partial charge in [0.2, 0.25) is 17.8 Å². The van der Waals surface area contributed by atoms with Crippen LogP contribution in [0.2, 0.25) is 5.02 Å². The van der Waals surface area contributed by atoms with Crippen molar-refractivity contribution in [1.29, 1.82) is 0 Å². The molecule has 2 heterocycles. The lowest BCUT2D eigenvalue weighted by molar-refractivity contribution is -0.130. The Morgan fingerprint density at radius 2 is 1.97 bits per heavy atom. The van der Waals surface area contributed by atoms with Gasteiger partial charge in [0.15, 0.2) is 0 Å². The van der Waals surface area contributed by atoms with E-state index in [2.05, 4.69) is 10.3 Å². The Kier molecular flexibility index (Phi) is 6.95. The molecule has 2 aliphatic rings. The molecule has 1 N–H and O–H groups in total. The first-order chi connectivity index (χ1) is 15.5. The number of amides is 2. The Morgan fingerprint density at radius 3 is 2.78 bits per heavy atom. The summed E-state index contributed by atoms with van der Waals surface area (Å²) in [7, 11) is 1.83. The van der Waals surface area contributed by atoms with Gasteiger partial charge in [-0.25, -0.2) is 4.99 Å². The molecule has 2 aromatic rings. The largest absolute Gasteiger partial charge is 0.494 e. The molecule has 0 unspecified atom stereocenters. The van der Waals surface area contributed by atoms with Crippen molar-refractivity contribution in [2.45, 2.75) is 38.8 Å². The van der Waals surface area contributed by atoms with Crippen LogP contribution >= 0.6 is 11.6 Å². The van der Waals surface area contributed by atoms with Crippen LogP contribution in [-0.4, -0.2) is 47.8 Å². The number of unbranched alkanes of at least 4 members (excludes halogenated alkanes) is 2. The van der Waals surface area contributed by atoms with Gasteiger partial charge in [0.05, 0.1) is 12.3 Å². The van der Waals surface area contributed by atoms with Gasteiger partial charge in [0.1, 0.15) is 12.3 Å². The molecule has 0 bridgehead atoms. The zero-order valence-corrected chi connectivity index (χ0v) is 18.9. The number of nitrogens with zero attached hydrogens (tertiary/aromatic N) is 3. The number of aliphatic imine (C=N–C) groups is 1. The number of guanidine groups is 1. The lowest BCUT2D eigenvalue weighted by Crippen LogP contribution is -2.31. The SMILES string of the molecule is CN(Cc1ccc(Cl)cc1)C(=O)CCCCCOc1ccc2c(c1)CN1CC(=O)NC1=N2. The van der Waals surface area contributed by atoms with E-state index in [1.54, 1.807) is 4.90 Å². The Labute approximate surface area is 193 Å². The van der Waals surface area contributed by atoms with Crippen LogP contribution in [0, 0.1) is 0 Å². The first-order valence-corrected chi connectivity index (χ1v) is 11.2. The number of benzene rings is 2. The third kappa shape index (κ3) is 5.59. The number of hydrogen-bond acceptors (Lipinski definition) is 5. The van der Waals surface area contributed by atoms with E-state index in [0.717, 1.165) is 41.8 Å². The molecule has 1 fully saturated rings. The van der Waals surface area contributed by atoms with E-state index in [0.29, 0.717) is 43.6 Å². The van der Waals surface area contributed by atoms with Gasteiger partial charge < -0.3 is 14.5 Å². The van der Waals surface area contributed by atoms with Crippen LogP contribution in [0.5, 0.6) is 5.75 Å². The van der Waals surface area contributed by atoms with Crippen LogP contribution < -0.4 is 10.1 Å². The highest BCUT2D eigenvalue weighted by Gasteiger charge is 2.29. The van der Waals surface area contributed by atoms with Crippen molar-refractivity contribution in [3.05, 3.63) is 58.6 Å². The lowest BCUT2D eigenvalue weighted by Gasteiger charge is -2.23. The summed E-state index contributed by atoms with van der Waals surface area (Å²) in [5.41, 5.74) is 2.99. The van der Waals surface area contributed by atoms with Crippen molar-refractivity contribution in [1.82, 2.24) is 15.1 Å². The molecule has 0 atom stereocenters. The molecule has 0 spiro atoms. The molecule has 168 valence electrons. The van der Waals surface area contributed by atoms with Gasteiger partial charge in [-0.3, -0.25) is 14.9 Å². The van der Waals surface area contributed by atoms with Crippen molar-refractivity contribution < 1.29 is 14.3 Å². The van der Waals surface area contributed by atoms with Crippen molar-refractivity contribution in [2.75, 3.05) is 20.2 Å². The third-order valence-electron chi connectivity index (χ3n) is 5.59. The molecule has 4 rings (SSSR count). The second-order valence-electron chi connectivity index (χ2n) is 8.17. The molecule has 7 nitrogen and oxygen atoms in total. The molecule has 0 radical (unpaired) electrons. The van der Waals surface area contributed by atoms with Gasteiger partial charge in [-0.15, -0.1) is 0 Å². The summed E-state index contributed by atoms with van der Waals surface area (Å²) in [4.78, 5) is 32.0. The fourth-order valence-electron chi connectivity index (χ4n) is 3.82. The number of carbonyl (C=O) groups excluding carboxylic acids is 2. The predicted molar refractivity (Wildman–Crippen MR) is 124 cm³/mol. The first kappa shape index (κ1) is 22.1. The maximum Gasteiger partial charge on any atom is 0.246 e. The molecule has 2 aliphatic heterocycles. The van der Waals surface area contributed by atoms with Crippen molar-refractivity contribution in [2.24, 2.45) is 4.99 Å². The molecule has 0 aliphatic carbocycles. The van der Waals surface area contributed by atoms with Gasteiger partial charge in [-0.1, -0.05) is 23.7 Å². The Hall–Kier alpha value is -3.06. The van der Waals surface area contributed by atoms with Crippen molar-refractivity contribution >= 4 is 35.1 Å². The van der Waals surface area contributed by atoms with Crippen LogP contribution in [0.15, 0.2) is 47.5 Å². The number of rotatable bonds is 9. The maximum atomic E-state index is 12.3. The summed E-state index contributed by atoms with van der Waals surface area (Å²) in [6, 6.07) is 13.4. The number of hydrogen-bond donors (Lipinski definition) is 1. The Bertz CT molecular complexity index is 1020. The Balaban J connectivity index is 1.14. The zero-order valence-electron chi connectivity index (χ0n) is 18.1. The quantitative estimate of drug-likeness (QED) is 0.584. The van der Waals surface area contributed by atoms with E-state index in [1.165, 1.54) is 0 Å². The number of halogens is 1. The minimum Gasteiger partial charge on any atom is -0.494 e. The zero-order chi connectivity index (χ0) is 22.5. The van der Waals surface area contributed by atoms with E-state index in [9.17, 15) is 9.59 Å². The fourth-order valence-corrected chi connectivity index (χ4v) is 3.94. The van der Waals surface area contributed by atoms with E-state index < -0.39 is 0 Å². The summed E-state index contributed by atoms with van der Waals surface area (Å²) in [6.45, 7) is 2.18. The van der Waals surface area contributed by atoms with Crippen molar-refractivity contribution in [3.8, 4) is 5.75 Å². The normalized spacial score (nSPS) is 14.4. The summed E-state index contributed by atoms with van der Waals surface area (Å²) in [6.07, 6.45) is 3.19. The van der Waals surface area contributed by atoms with Gasteiger partial charge in [-0.05, 0) is 55.2 Å². The number of carbonyl (C=O) groups is 2. The predicted octanol–water partition coefficient (Wildman–Crippen LogP) is 3.87. The summed E-state index contributed by atoms with van der Waals surface area (Å²) >= 11 is 5.90. The van der Waals surface area contributed by atoms with E-state index >= 15 is 0 Å². The van der Waals surface area contributed by atoms with Gasteiger partial charge in [-0.2, -0.15) is 0 Å². The Morgan fingerprint density at radius 1 is 1.16 bits per heavy atom. The third-order valence-corrected chi connectivity index (χ3v) is 5.84. The summed E-state index contributed by atoms with van der Waals surface area (Å²) < 4.78 is 5.89. The number of ether oxygens (including phenoxy) is 1. The van der Waals surface area contributed by atoms with Crippen LogP contribution in [-0.2, 0) is 22.7 Å². The van der Waals surface area contributed by atoms with E-state index in [1.807, 2.05) is 54.4 Å². The lowest BCUT2D eigenvalue weighted by atomic mass is 10.1. The maximum absolute atomic E-state index is 12.3. The monoisotopic (exact) mass is 454 g/mol. The number of fused-ring (bicyclic) bond motifs is 2. The minimum atomic E-state index is -0.0253. The smallest absolute Gasteiger partial charge is 0.246 e. The summed E-state index contributed by atoms with van der Waals surface area (Å²) in [5, 5.41) is 3.47. The second kappa shape index (κ2) is 10.0. The second-order valence-corrected chi connectivity index (χ2v) is 8.60. The minimum absolute atomic E-state index is 0.0253. The molecule has 32 heavy (non-hydrogen) atoms. The fraction of sp³-hybridized carbons (Fsp3) is 0.375. The standard InChI is InChI=1S/C24H27ClN4O3/c1-28(14-17-6-8-19(25)9-7-17)23(31)5-3-2-4-12-32-20-10-11-21-18(13-20)15-29-16-22(30)27-24(29)26-21/h6-11,13H,2-5,12,14-16H2,1H3,(H,26,27,30). The highest BCUT2D eigenvalue weighted by Crippen LogP contribution is 2.30. The average molecular weight is 455 g/mol. The molecule has 0 saturated carbocycles.